The third kappa shape index (κ3) is 2.29. The average molecular weight is 269 g/mol. The van der Waals surface area contributed by atoms with E-state index in [0.29, 0.717) is 18.4 Å². The normalized spacial score (nSPS) is 25.1. The van der Waals surface area contributed by atoms with Crippen molar-refractivity contribution in [1.82, 2.24) is 4.90 Å². The number of aryl methyl sites for hydroxylation is 1. The molecule has 1 fully saturated rings. The topological polar surface area (TPSA) is 30.3 Å². The summed E-state index contributed by atoms with van der Waals surface area (Å²) in [5.74, 6) is 0.644. The predicted molar refractivity (Wildman–Crippen MR) is 82.0 cm³/mol. The van der Waals surface area contributed by atoms with Crippen molar-refractivity contribution in [1.29, 1.82) is 5.26 Å². The van der Waals surface area contributed by atoms with Crippen molar-refractivity contribution in [3.8, 4) is 6.07 Å². The molecule has 3 nitrogen and oxygen atoms in total. The van der Waals surface area contributed by atoms with Crippen LogP contribution in [-0.2, 0) is 0 Å². The number of unbranched alkanes of at least 4 members (excludes halogenated alkanes) is 1. The van der Waals surface area contributed by atoms with E-state index >= 15 is 0 Å². The smallest absolute Gasteiger partial charge is 0.0622 e. The fourth-order valence-corrected chi connectivity index (χ4v) is 3.83. The number of likely N-dealkylation sites (N-methyl/N-ethyl adjacent to an activating group) is 1. The average Bonchev–Trinajstić information content (AvgIpc) is 2.72. The number of fused-ring (bicyclic) bond motifs is 3. The van der Waals surface area contributed by atoms with Crippen LogP contribution in [0.2, 0.25) is 0 Å². The molecule has 0 N–H and O–H groups in total. The van der Waals surface area contributed by atoms with Gasteiger partial charge in [-0.3, -0.25) is 0 Å². The third-order valence-electron chi connectivity index (χ3n) is 4.88. The van der Waals surface area contributed by atoms with E-state index in [1.807, 2.05) is 0 Å². The second kappa shape index (κ2) is 5.46. The van der Waals surface area contributed by atoms with Gasteiger partial charge in [-0.05, 0) is 37.9 Å². The molecule has 2 heterocycles. The van der Waals surface area contributed by atoms with Crippen LogP contribution >= 0.6 is 0 Å². The Hall–Kier alpha value is -1.53. The fourth-order valence-electron chi connectivity index (χ4n) is 3.83. The molecule has 0 aromatic heterocycles. The maximum absolute atomic E-state index is 8.67. The summed E-state index contributed by atoms with van der Waals surface area (Å²) in [4.78, 5) is 5.02. The Morgan fingerprint density at radius 2 is 2.25 bits per heavy atom. The lowest BCUT2D eigenvalue weighted by molar-refractivity contribution is 0.194. The highest BCUT2D eigenvalue weighted by Gasteiger charge is 2.39. The zero-order chi connectivity index (χ0) is 14.1. The Morgan fingerprint density at radius 3 is 3.05 bits per heavy atom. The van der Waals surface area contributed by atoms with Crippen LogP contribution < -0.4 is 4.90 Å². The van der Waals surface area contributed by atoms with E-state index in [1.165, 1.54) is 29.8 Å². The Balaban J connectivity index is 1.76. The van der Waals surface area contributed by atoms with E-state index in [1.54, 1.807) is 0 Å². The van der Waals surface area contributed by atoms with Crippen molar-refractivity contribution in [3.63, 3.8) is 0 Å². The van der Waals surface area contributed by atoms with Crippen molar-refractivity contribution in [2.75, 3.05) is 31.6 Å². The largest absolute Gasteiger partial charge is 0.371 e. The summed E-state index contributed by atoms with van der Waals surface area (Å²) in [6.45, 7) is 5.57. The maximum atomic E-state index is 8.67. The molecule has 2 aliphatic rings. The fraction of sp³-hybridized carbons (Fsp3) is 0.588. The molecule has 0 bridgehead atoms. The number of likely N-dealkylation sites (tertiary alicyclic amines) is 1. The van der Waals surface area contributed by atoms with Gasteiger partial charge in [0.25, 0.3) is 0 Å². The van der Waals surface area contributed by atoms with Crippen LogP contribution in [0.4, 0.5) is 5.69 Å². The zero-order valence-corrected chi connectivity index (χ0v) is 12.5. The third-order valence-corrected chi connectivity index (χ3v) is 4.88. The molecule has 0 spiro atoms. The number of anilines is 1. The molecule has 1 aromatic rings. The molecule has 0 amide bonds. The van der Waals surface area contributed by atoms with Gasteiger partial charge in [0, 0.05) is 44.2 Å². The van der Waals surface area contributed by atoms with Crippen molar-refractivity contribution in [2.45, 2.75) is 38.1 Å². The quantitative estimate of drug-likeness (QED) is 0.790. The van der Waals surface area contributed by atoms with Crippen LogP contribution in [0.3, 0.4) is 0 Å². The second-order valence-electron chi connectivity index (χ2n) is 6.20. The van der Waals surface area contributed by atoms with Crippen molar-refractivity contribution >= 4 is 5.69 Å². The molecule has 3 rings (SSSR count). The minimum Gasteiger partial charge on any atom is -0.371 e. The molecular weight excluding hydrogens is 246 g/mol. The molecule has 3 heteroatoms. The molecule has 2 atom stereocenters. The SMILES string of the molecule is Cc1ccc2c(c1)C1CN(CCCC#N)CCC1N2C. The van der Waals surface area contributed by atoms with E-state index in [9.17, 15) is 0 Å². The Morgan fingerprint density at radius 1 is 1.40 bits per heavy atom. The first-order valence-corrected chi connectivity index (χ1v) is 7.63. The zero-order valence-electron chi connectivity index (χ0n) is 12.5. The summed E-state index contributed by atoms with van der Waals surface area (Å²) in [5.41, 5.74) is 4.31. The number of piperidine rings is 1. The number of nitrogens with zero attached hydrogens (tertiary/aromatic N) is 3. The first kappa shape index (κ1) is 13.5. The van der Waals surface area contributed by atoms with Gasteiger partial charge < -0.3 is 9.80 Å². The number of nitriles is 1. The van der Waals surface area contributed by atoms with Crippen LogP contribution in [0.25, 0.3) is 0 Å². The Kier molecular flexibility index (Phi) is 3.67. The highest BCUT2D eigenvalue weighted by Crippen LogP contribution is 2.44. The van der Waals surface area contributed by atoms with E-state index in [4.69, 9.17) is 5.26 Å². The van der Waals surface area contributed by atoms with Gasteiger partial charge in [0.2, 0.25) is 0 Å². The molecule has 0 radical (unpaired) electrons. The van der Waals surface area contributed by atoms with Gasteiger partial charge >= 0.3 is 0 Å². The summed E-state index contributed by atoms with van der Waals surface area (Å²) < 4.78 is 0. The van der Waals surface area contributed by atoms with E-state index in [2.05, 4.69) is 48.0 Å². The molecule has 0 aliphatic carbocycles. The highest BCUT2D eigenvalue weighted by atomic mass is 15.2. The minimum atomic E-state index is 0.644. The molecule has 2 aliphatic heterocycles. The summed E-state index contributed by atoms with van der Waals surface area (Å²) in [6, 6.07) is 9.79. The van der Waals surface area contributed by atoms with Crippen LogP contribution in [-0.4, -0.2) is 37.6 Å². The monoisotopic (exact) mass is 269 g/mol. The molecule has 1 saturated heterocycles. The summed E-state index contributed by atoms with van der Waals surface area (Å²) in [5, 5.41) is 8.67. The van der Waals surface area contributed by atoms with Crippen molar-refractivity contribution in [3.05, 3.63) is 29.3 Å². The van der Waals surface area contributed by atoms with Gasteiger partial charge in [0.15, 0.2) is 0 Å². The van der Waals surface area contributed by atoms with E-state index in [-0.39, 0.29) is 0 Å². The predicted octanol–water partition coefficient (Wildman–Crippen LogP) is 2.91. The second-order valence-corrected chi connectivity index (χ2v) is 6.20. The lowest BCUT2D eigenvalue weighted by Crippen LogP contribution is -2.45. The number of benzene rings is 1. The van der Waals surface area contributed by atoms with E-state index in [0.717, 1.165) is 19.5 Å². The van der Waals surface area contributed by atoms with Gasteiger partial charge in [-0.15, -0.1) is 0 Å². The first-order valence-electron chi connectivity index (χ1n) is 7.63. The van der Waals surface area contributed by atoms with Crippen LogP contribution in [0.1, 0.15) is 36.3 Å². The number of rotatable bonds is 3. The minimum absolute atomic E-state index is 0.644. The molecule has 1 aromatic carbocycles. The summed E-state index contributed by atoms with van der Waals surface area (Å²) in [6.07, 6.45) is 2.92. The van der Waals surface area contributed by atoms with Gasteiger partial charge in [-0.25, -0.2) is 0 Å². The van der Waals surface area contributed by atoms with Gasteiger partial charge in [-0.2, -0.15) is 5.26 Å². The summed E-state index contributed by atoms with van der Waals surface area (Å²) in [7, 11) is 2.24. The molecule has 2 unspecified atom stereocenters. The Bertz CT molecular complexity index is 532. The van der Waals surface area contributed by atoms with Crippen molar-refractivity contribution in [2.24, 2.45) is 0 Å². The number of hydrogen-bond acceptors (Lipinski definition) is 3. The summed E-state index contributed by atoms with van der Waals surface area (Å²) >= 11 is 0. The maximum Gasteiger partial charge on any atom is 0.0622 e. The highest BCUT2D eigenvalue weighted by molar-refractivity contribution is 5.62. The molecule has 20 heavy (non-hydrogen) atoms. The van der Waals surface area contributed by atoms with Crippen LogP contribution in [0.5, 0.6) is 0 Å². The molecule has 0 saturated carbocycles. The van der Waals surface area contributed by atoms with Gasteiger partial charge in [-0.1, -0.05) is 17.7 Å². The molecule has 106 valence electrons. The van der Waals surface area contributed by atoms with E-state index < -0.39 is 0 Å². The molecular formula is C17H23N3. The van der Waals surface area contributed by atoms with Crippen LogP contribution in [0.15, 0.2) is 18.2 Å². The van der Waals surface area contributed by atoms with Gasteiger partial charge in [0.05, 0.1) is 6.07 Å². The van der Waals surface area contributed by atoms with Gasteiger partial charge in [0.1, 0.15) is 0 Å². The standard InChI is InChI=1S/C17H23N3/c1-13-5-6-16-14(11-13)15-12-20(9-4-3-8-18)10-7-17(15)19(16)2/h5-6,11,15,17H,3-4,7,9-10,12H2,1-2H3. The number of hydrogen-bond donors (Lipinski definition) is 0. The first-order chi connectivity index (χ1) is 9.70. The van der Waals surface area contributed by atoms with Crippen molar-refractivity contribution < 1.29 is 0 Å². The Labute approximate surface area is 121 Å². The lowest BCUT2D eigenvalue weighted by Gasteiger charge is -2.37. The lowest BCUT2D eigenvalue weighted by atomic mass is 9.88. The van der Waals surface area contributed by atoms with Crippen LogP contribution in [0, 0.1) is 18.3 Å².